The summed E-state index contributed by atoms with van der Waals surface area (Å²) in [6.45, 7) is -6.11. The Balaban J connectivity index is 2.66. The SMILES string of the molecule is OCC1(C(F)(F)F)OC(F)(F)C(F)(OC2(F)C(F)(F)OC(CO)(C(F)(F)F)OC2(F)F)C(F)(F)O1. The highest BCUT2D eigenvalue weighted by Gasteiger charge is 2.92. The molecule has 2 heterocycles. The highest BCUT2D eigenvalue weighted by molar-refractivity contribution is 5.04. The van der Waals surface area contributed by atoms with Gasteiger partial charge in [0.05, 0.1) is 0 Å². The molecule has 0 aromatic rings. The minimum absolute atomic E-state index is 2.14. The summed E-state index contributed by atoms with van der Waals surface area (Å²) >= 11 is 0. The molecule has 23 heteroatoms. The molecule has 2 aliphatic heterocycles. The number of hydrogen-bond donors (Lipinski definition) is 2. The fourth-order valence-corrected chi connectivity index (χ4v) is 2.44. The van der Waals surface area contributed by atoms with Crippen molar-refractivity contribution in [3.8, 4) is 0 Å². The van der Waals surface area contributed by atoms with Gasteiger partial charge >= 0.3 is 48.5 Å². The van der Waals surface area contributed by atoms with Crippen LogP contribution in [0.1, 0.15) is 0 Å². The molecule has 2 saturated heterocycles. The van der Waals surface area contributed by atoms with E-state index in [-0.39, 0.29) is 0 Å². The molecule has 7 nitrogen and oxygen atoms in total. The second-order valence-electron chi connectivity index (χ2n) is 6.59. The summed E-state index contributed by atoms with van der Waals surface area (Å²) in [5.41, 5.74) is 0. The van der Waals surface area contributed by atoms with Crippen LogP contribution in [0.2, 0.25) is 0 Å². The molecular weight excluding hydrogens is 560 g/mol. The van der Waals surface area contributed by atoms with Gasteiger partial charge in [-0.1, -0.05) is 0 Å². The lowest BCUT2D eigenvalue weighted by atomic mass is 10.1. The Labute approximate surface area is 179 Å². The number of rotatable bonds is 4. The third-order valence-corrected chi connectivity index (χ3v) is 4.23. The van der Waals surface area contributed by atoms with Gasteiger partial charge in [-0.3, -0.25) is 23.7 Å². The highest BCUT2D eigenvalue weighted by Crippen LogP contribution is 2.63. The molecule has 0 amide bonds. The fourth-order valence-electron chi connectivity index (χ4n) is 2.44. The zero-order valence-electron chi connectivity index (χ0n) is 15.4. The molecule has 2 rings (SSSR count). The lowest BCUT2D eigenvalue weighted by molar-refractivity contribution is -0.661. The minimum atomic E-state index is -7.28. The molecule has 2 N–H and O–H groups in total. The van der Waals surface area contributed by atoms with Crippen LogP contribution in [0.5, 0.6) is 0 Å². The van der Waals surface area contributed by atoms with Crippen LogP contribution in [0.4, 0.5) is 70.2 Å². The first-order chi connectivity index (χ1) is 15.2. The van der Waals surface area contributed by atoms with Crippen LogP contribution in [-0.4, -0.2) is 83.5 Å². The molecule has 0 spiro atoms. The summed E-state index contributed by atoms with van der Waals surface area (Å²) in [4.78, 5) is 0. The van der Waals surface area contributed by atoms with Crippen LogP contribution in [0.15, 0.2) is 0 Å². The van der Waals surface area contributed by atoms with Gasteiger partial charge in [0, 0.05) is 0 Å². The van der Waals surface area contributed by atoms with Crippen molar-refractivity contribution in [3.63, 3.8) is 0 Å². The third kappa shape index (κ3) is 3.89. The van der Waals surface area contributed by atoms with Crippen molar-refractivity contribution in [1.82, 2.24) is 0 Å². The van der Waals surface area contributed by atoms with Crippen molar-refractivity contribution in [2.24, 2.45) is 0 Å². The van der Waals surface area contributed by atoms with Crippen molar-refractivity contribution in [2.75, 3.05) is 13.2 Å². The van der Waals surface area contributed by atoms with Crippen molar-refractivity contribution in [2.45, 2.75) is 60.1 Å². The van der Waals surface area contributed by atoms with Crippen LogP contribution in [-0.2, 0) is 23.7 Å². The Morgan fingerprint density at radius 1 is 0.486 bits per heavy atom. The number of ether oxygens (including phenoxy) is 5. The molecule has 2 aliphatic rings. The van der Waals surface area contributed by atoms with Gasteiger partial charge in [0.2, 0.25) is 0 Å². The van der Waals surface area contributed by atoms with E-state index in [1.165, 1.54) is 0 Å². The summed E-state index contributed by atoms with van der Waals surface area (Å²) in [6.07, 6.45) is -41.9. The second kappa shape index (κ2) is 7.56. The molecule has 208 valence electrons. The number of halogens is 16. The van der Waals surface area contributed by atoms with Gasteiger partial charge in [-0.2, -0.15) is 70.2 Å². The maximum Gasteiger partial charge on any atom is 0.446 e. The summed E-state index contributed by atoms with van der Waals surface area (Å²) in [5.74, 6) is -25.8. The molecule has 0 saturated carbocycles. The quantitative estimate of drug-likeness (QED) is 0.506. The summed E-state index contributed by atoms with van der Waals surface area (Å²) in [5, 5.41) is 17.1. The molecule has 35 heavy (non-hydrogen) atoms. The molecule has 2 fully saturated rings. The summed E-state index contributed by atoms with van der Waals surface area (Å²) in [7, 11) is 0. The number of alkyl halides is 16. The standard InChI is InChI=1S/C12H6F16O7/c13-5(9(21,22)31-3(1-29,7(15,16)17)32-10(5,23)24)35-6(14)11(25,26)33-4(2-30,8(18,19)20)34-12(6,27)28/h29-30H,1-2H2. The van der Waals surface area contributed by atoms with Crippen molar-refractivity contribution in [3.05, 3.63) is 0 Å². The third-order valence-electron chi connectivity index (χ3n) is 4.23. The van der Waals surface area contributed by atoms with Gasteiger partial charge in [-0.15, -0.1) is 0 Å². The molecule has 0 atom stereocenters. The van der Waals surface area contributed by atoms with E-state index in [0.29, 0.717) is 0 Å². The fraction of sp³-hybridized carbons (Fsp3) is 1.00. The second-order valence-corrected chi connectivity index (χ2v) is 6.59. The first-order valence-corrected chi connectivity index (χ1v) is 7.90. The summed E-state index contributed by atoms with van der Waals surface area (Å²) in [6, 6.07) is 0. The van der Waals surface area contributed by atoms with Crippen molar-refractivity contribution >= 4 is 0 Å². The minimum Gasteiger partial charge on any atom is -0.390 e. The monoisotopic (exact) mass is 566 g/mol. The zero-order valence-corrected chi connectivity index (χ0v) is 15.4. The molecule has 0 bridgehead atoms. The lowest BCUT2D eigenvalue weighted by Crippen LogP contribution is -2.80. The smallest absolute Gasteiger partial charge is 0.390 e. The van der Waals surface area contributed by atoms with Crippen LogP contribution in [0.25, 0.3) is 0 Å². The molecule has 0 radical (unpaired) electrons. The Bertz CT molecular complexity index is 721. The average molecular weight is 566 g/mol. The Kier molecular flexibility index (Phi) is 6.45. The van der Waals surface area contributed by atoms with Gasteiger partial charge in [0.15, 0.2) is 0 Å². The topological polar surface area (TPSA) is 86.6 Å². The van der Waals surface area contributed by atoms with Gasteiger partial charge in [-0.25, -0.2) is 0 Å². The van der Waals surface area contributed by atoms with Crippen LogP contribution < -0.4 is 0 Å². The van der Waals surface area contributed by atoms with Gasteiger partial charge in [0.25, 0.3) is 11.6 Å². The zero-order chi connectivity index (χ0) is 27.9. The van der Waals surface area contributed by atoms with E-state index in [4.69, 9.17) is 10.2 Å². The molecular formula is C12H6F16O7. The van der Waals surface area contributed by atoms with E-state index in [1.807, 2.05) is 0 Å². The molecule has 0 aromatic carbocycles. The van der Waals surface area contributed by atoms with E-state index < -0.39 is 73.3 Å². The van der Waals surface area contributed by atoms with E-state index in [2.05, 4.69) is 23.7 Å². The Hall–Kier alpha value is -1.40. The van der Waals surface area contributed by atoms with E-state index in [0.717, 1.165) is 0 Å². The maximum atomic E-state index is 14.5. The van der Waals surface area contributed by atoms with E-state index in [9.17, 15) is 70.2 Å². The molecule has 0 aromatic heterocycles. The van der Waals surface area contributed by atoms with Crippen LogP contribution in [0, 0.1) is 0 Å². The first kappa shape index (κ1) is 29.8. The predicted molar refractivity (Wildman–Crippen MR) is 64.6 cm³/mol. The van der Waals surface area contributed by atoms with E-state index >= 15 is 0 Å². The first-order valence-electron chi connectivity index (χ1n) is 7.90. The van der Waals surface area contributed by atoms with Gasteiger partial charge < -0.3 is 10.2 Å². The number of aliphatic hydroxyl groups is 2. The summed E-state index contributed by atoms with van der Waals surface area (Å²) < 4.78 is 230. The largest absolute Gasteiger partial charge is 0.446 e. The normalized spacial score (nSPS) is 41.0. The lowest BCUT2D eigenvalue weighted by Gasteiger charge is -2.53. The number of hydrogen-bond acceptors (Lipinski definition) is 7. The van der Waals surface area contributed by atoms with Gasteiger partial charge in [-0.05, 0) is 0 Å². The van der Waals surface area contributed by atoms with Crippen LogP contribution >= 0.6 is 0 Å². The van der Waals surface area contributed by atoms with Crippen molar-refractivity contribution < 1.29 is 104 Å². The molecule has 0 aliphatic carbocycles. The average Bonchev–Trinajstić information content (AvgIpc) is 2.61. The maximum absolute atomic E-state index is 14.5. The van der Waals surface area contributed by atoms with Crippen LogP contribution in [0.3, 0.4) is 0 Å². The van der Waals surface area contributed by atoms with E-state index in [1.54, 1.807) is 0 Å². The predicted octanol–water partition coefficient (Wildman–Crippen LogP) is 3.30. The Morgan fingerprint density at radius 2 is 0.686 bits per heavy atom. The number of aliphatic hydroxyl groups excluding tert-OH is 2. The molecule has 0 unspecified atom stereocenters. The Morgan fingerprint density at radius 3 is 0.829 bits per heavy atom. The highest BCUT2D eigenvalue weighted by atomic mass is 19.4. The van der Waals surface area contributed by atoms with Gasteiger partial charge in [0.1, 0.15) is 13.2 Å². The van der Waals surface area contributed by atoms with Crippen molar-refractivity contribution in [1.29, 1.82) is 0 Å².